The number of phenolic OH excluding ortho intramolecular Hbond substituents is 1. The van der Waals surface area contributed by atoms with Crippen molar-refractivity contribution < 1.29 is 24.4 Å². The molecule has 9 heteroatoms. The number of nitro groups is 1. The molecule has 1 amide bonds. The first-order valence-corrected chi connectivity index (χ1v) is 10.8. The number of hydrogen-bond donors (Lipinski definition) is 1. The Morgan fingerprint density at radius 1 is 1.18 bits per heavy atom. The van der Waals surface area contributed by atoms with Crippen LogP contribution in [0.5, 0.6) is 11.5 Å². The summed E-state index contributed by atoms with van der Waals surface area (Å²) in [7, 11) is 1.43. The summed E-state index contributed by atoms with van der Waals surface area (Å²) in [6, 6.07) is 8.99. The fraction of sp³-hybridized carbons (Fsp3) is 0.333. The Hall–Kier alpha value is -3.39. The average molecular weight is 471 g/mol. The molecule has 0 saturated carbocycles. The lowest BCUT2D eigenvalue weighted by molar-refractivity contribution is -0.384. The molecule has 2 aromatic rings. The van der Waals surface area contributed by atoms with Crippen LogP contribution in [0.2, 0.25) is 5.02 Å². The van der Waals surface area contributed by atoms with Gasteiger partial charge in [-0.3, -0.25) is 24.6 Å². The van der Waals surface area contributed by atoms with Crippen molar-refractivity contribution in [1.29, 1.82) is 0 Å². The van der Waals surface area contributed by atoms with Crippen molar-refractivity contribution in [2.75, 3.05) is 12.0 Å². The Morgan fingerprint density at radius 3 is 2.58 bits per heavy atom. The van der Waals surface area contributed by atoms with Crippen LogP contribution in [-0.2, 0) is 9.59 Å². The number of Topliss-reactive ketones (excluding diaryl/α,β-unsaturated/α-hetero) is 1. The van der Waals surface area contributed by atoms with Gasteiger partial charge in [0.2, 0.25) is 5.91 Å². The number of halogens is 1. The van der Waals surface area contributed by atoms with Gasteiger partial charge in [0.1, 0.15) is 5.02 Å². The zero-order valence-electron chi connectivity index (χ0n) is 18.4. The van der Waals surface area contributed by atoms with Gasteiger partial charge in [-0.15, -0.1) is 0 Å². The molecule has 1 unspecified atom stereocenters. The molecule has 0 spiro atoms. The molecule has 172 valence electrons. The van der Waals surface area contributed by atoms with Crippen molar-refractivity contribution in [2.45, 2.75) is 39.0 Å². The Balaban J connectivity index is 1.91. The lowest BCUT2D eigenvalue weighted by Gasteiger charge is -2.43. The number of allylic oxidation sites excluding steroid dienone is 2. The number of rotatable bonds is 4. The van der Waals surface area contributed by atoms with E-state index in [4.69, 9.17) is 16.3 Å². The molecule has 8 nitrogen and oxygen atoms in total. The maximum atomic E-state index is 13.4. The number of nitrogens with zero attached hydrogens (tertiary/aromatic N) is 2. The molecule has 2 aromatic carbocycles. The number of phenols is 1. The Labute approximate surface area is 195 Å². The standard InChI is InChI=1S/C24H23ClN2O6/c1-24(2)11-18-23(20(29)12-24)15(13-4-7-19(28)21(8-13)33-3)10-22(30)26(18)14-5-6-16(25)17(9-14)27(31)32/h4-9,15,28H,10-12H2,1-3H3. The number of ketones is 1. The molecule has 1 atom stereocenters. The first kappa shape index (κ1) is 22.8. The Kier molecular flexibility index (Phi) is 5.66. The summed E-state index contributed by atoms with van der Waals surface area (Å²) < 4.78 is 5.21. The van der Waals surface area contributed by atoms with Crippen LogP contribution in [0.4, 0.5) is 11.4 Å². The van der Waals surface area contributed by atoms with Crippen molar-refractivity contribution >= 4 is 34.7 Å². The van der Waals surface area contributed by atoms with Crippen LogP contribution in [0.25, 0.3) is 0 Å². The third kappa shape index (κ3) is 4.06. The van der Waals surface area contributed by atoms with Crippen molar-refractivity contribution in [3.05, 3.63) is 68.4 Å². The van der Waals surface area contributed by atoms with Gasteiger partial charge in [0.25, 0.3) is 5.69 Å². The second-order valence-electron chi connectivity index (χ2n) is 9.11. The molecule has 1 aliphatic carbocycles. The van der Waals surface area contributed by atoms with Gasteiger partial charge in [-0.05, 0) is 41.7 Å². The van der Waals surface area contributed by atoms with Crippen LogP contribution < -0.4 is 9.64 Å². The van der Waals surface area contributed by atoms with Gasteiger partial charge in [-0.1, -0.05) is 31.5 Å². The van der Waals surface area contributed by atoms with Crippen LogP contribution in [0.1, 0.15) is 44.6 Å². The fourth-order valence-corrected chi connectivity index (χ4v) is 4.88. The normalized spacial score (nSPS) is 20.0. The summed E-state index contributed by atoms with van der Waals surface area (Å²) in [5.41, 5.74) is 1.34. The summed E-state index contributed by atoms with van der Waals surface area (Å²) in [5.74, 6) is -0.651. The number of ether oxygens (including phenoxy) is 1. The molecule has 1 N–H and O–H groups in total. The first-order valence-electron chi connectivity index (χ1n) is 10.4. The number of amides is 1. The molecule has 4 rings (SSSR count). The van der Waals surface area contributed by atoms with Gasteiger partial charge in [0.05, 0.1) is 17.7 Å². The largest absolute Gasteiger partial charge is 0.504 e. The van der Waals surface area contributed by atoms with Crippen molar-refractivity contribution in [3.8, 4) is 11.5 Å². The van der Waals surface area contributed by atoms with E-state index in [1.807, 2.05) is 13.8 Å². The molecule has 1 heterocycles. The highest BCUT2D eigenvalue weighted by Gasteiger charge is 2.44. The van der Waals surface area contributed by atoms with E-state index < -0.39 is 10.8 Å². The minimum absolute atomic E-state index is 0.00461. The predicted molar refractivity (Wildman–Crippen MR) is 123 cm³/mol. The lowest BCUT2D eigenvalue weighted by atomic mass is 9.69. The molecule has 33 heavy (non-hydrogen) atoms. The van der Waals surface area contributed by atoms with Crippen LogP contribution in [0, 0.1) is 15.5 Å². The minimum Gasteiger partial charge on any atom is -0.504 e. The Bertz CT molecular complexity index is 1220. The Morgan fingerprint density at radius 2 is 1.91 bits per heavy atom. The number of aromatic hydroxyl groups is 1. The maximum absolute atomic E-state index is 13.4. The number of methoxy groups -OCH3 is 1. The highest BCUT2D eigenvalue weighted by molar-refractivity contribution is 6.32. The van der Waals surface area contributed by atoms with E-state index in [2.05, 4.69) is 0 Å². The third-order valence-electron chi connectivity index (χ3n) is 6.13. The smallest absolute Gasteiger partial charge is 0.289 e. The number of carbonyl (C=O) groups excluding carboxylic acids is 2. The van der Waals surface area contributed by atoms with Crippen LogP contribution in [0.3, 0.4) is 0 Å². The van der Waals surface area contributed by atoms with Crippen molar-refractivity contribution in [1.82, 2.24) is 0 Å². The molecule has 1 aliphatic heterocycles. The summed E-state index contributed by atoms with van der Waals surface area (Å²) in [6.07, 6.45) is 0.762. The molecule has 0 aromatic heterocycles. The molecular weight excluding hydrogens is 448 g/mol. The minimum atomic E-state index is -0.600. The van der Waals surface area contributed by atoms with E-state index in [0.717, 1.165) is 0 Å². The number of hydrogen-bond acceptors (Lipinski definition) is 6. The molecular formula is C24H23ClN2O6. The number of carbonyl (C=O) groups is 2. The maximum Gasteiger partial charge on any atom is 0.289 e. The molecule has 0 fully saturated rings. The second kappa shape index (κ2) is 8.19. The van der Waals surface area contributed by atoms with Crippen molar-refractivity contribution in [2.24, 2.45) is 5.41 Å². The number of anilines is 1. The van der Waals surface area contributed by atoms with Crippen molar-refractivity contribution in [3.63, 3.8) is 0 Å². The van der Waals surface area contributed by atoms with E-state index in [9.17, 15) is 24.8 Å². The zero-order valence-corrected chi connectivity index (χ0v) is 19.2. The topological polar surface area (TPSA) is 110 Å². The molecule has 0 saturated heterocycles. The van der Waals surface area contributed by atoms with E-state index in [-0.39, 0.29) is 45.7 Å². The second-order valence-corrected chi connectivity index (χ2v) is 9.52. The molecule has 0 bridgehead atoms. The van der Waals surface area contributed by atoms with Crippen LogP contribution >= 0.6 is 11.6 Å². The fourth-order valence-electron chi connectivity index (χ4n) is 4.69. The first-order chi connectivity index (χ1) is 15.5. The highest BCUT2D eigenvalue weighted by atomic mass is 35.5. The van der Waals surface area contributed by atoms with Gasteiger partial charge in [0, 0.05) is 36.1 Å². The van der Waals surface area contributed by atoms with E-state index in [0.29, 0.717) is 35.4 Å². The van der Waals surface area contributed by atoms with E-state index in [1.165, 1.54) is 30.2 Å². The van der Waals surface area contributed by atoms with Gasteiger partial charge in [0.15, 0.2) is 17.3 Å². The molecule has 0 radical (unpaired) electrons. The monoisotopic (exact) mass is 470 g/mol. The van der Waals surface area contributed by atoms with Crippen LogP contribution in [-0.4, -0.2) is 28.8 Å². The number of nitro benzene ring substituents is 1. The third-order valence-corrected chi connectivity index (χ3v) is 6.45. The highest BCUT2D eigenvalue weighted by Crippen LogP contribution is 2.49. The SMILES string of the molecule is COc1cc(C2CC(=O)N(c3ccc(Cl)c([N+](=O)[O-])c3)C3=C2C(=O)CC(C)(C)C3)ccc1O. The van der Waals surface area contributed by atoms with Gasteiger partial charge in [-0.2, -0.15) is 0 Å². The van der Waals surface area contributed by atoms with Gasteiger partial charge < -0.3 is 9.84 Å². The summed E-state index contributed by atoms with van der Waals surface area (Å²) in [5, 5.41) is 21.4. The average Bonchev–Trinajstić information content (AvgIpc) is 2.73. The predicted octanol–water partition coefficient (Wildman–Crippen LogP) is 5.13. The summed E-state index contributed by atoms with van der Waals surface area (Å²) in [6.45, 7) is 3.91. The van der Waals surface area contributed by atoms with Crippen LogP contribution in [0.15, 0.2) is 47.7 Å². The van der Waals surface area contributed by atoms with Gasteiger partial charge >= 0.3 is 0 Å². The summed E-state index contributed by atoms with van der Waals surface area (Å²) >= 11 is 5.97. The molecule has 2 aliphatic rings. The number of benzene rings is 2. The zero-order chi connectivity index (χ0) is 24.1. The summed E-state index contributed by atoms with van der Waals surface area (Å²) in [4.78, 5) is 39.0. The van der Waals surface area contributed by atoms with E-state index >= 15 is 0 Å². The van der Waals surface area contributed by atoms with Gasteiger partial charge in [-0.25, -0.2) is 0 Å². The van der Waals surface area contributed by atoms with E-state index in [1.54, 1.807) is 18.2 Å². The lowest BCUT2D eigenvalue weighted by Crippen LogP contribution is -2.43. The quantitative estimate of drug-likeness (QED) is 0.490.